The maximum Gasteiger partial charge on any atom is 0.328 e. The molecule has 2 aliphatic carbocycles. The average Bonchev–Trinajstić information content (AvgIpc) is 2.83. The second-order valence-corrected chi connectivity index (χ2v) is 7.14. The van der Waals surface area contributed by atoms with E-state index in [1.54, 1.807) is 4.57 Å². The first-order valence-corrected chi connectivity index (χ1v) is 7.05. The number of nitriles is 1. The van der Waals surface area contributed by atoms with E-state index in [4.69, 9.17) is 5.26 Å². The van der Waals surface area contributed by atoms with E-state index < -0.39 is 11.2 Å². The Morgan fingerprint density at radius 1 is 1.40 bits per heavy atom. The molecule has 3 atom stereocenters. The van der Waals surface area contributed by atoms with E-state index in [1.807, 2.05) is 6.07 Å². The third-order valence-electron chi connectivity index (χ3n) is 5.56. The van der Waals surface area contributed by atoms with Crippen molar-refractivity contribution in [1.82, 2.24) is 9.55 Å². The number of nitrogens with zero attached hydrogens (tertiary/aromatic N) is 2. The topological polar surface area (TPSA) is 78.7 Å². The first-order chi connectivity index (χ1) is 9.29. The Hall–Kier alpha value is -1.83. The van der Waals surface area contributed by atoms with Crippen molar-refractivity contribution in [1.29, 1.82) is 5.26 Å². The van der Waals surface area contributed by atoms with Gasteiger partial charge in [-0.1, -0.05) is 20.8 Å². The molecule has 1 N–H and O–H groups in total. The first kappa shape index (κ1) is 13.2. The van der Waals surface area contributed by atoms with E-state index in [0.717, 1.165) is 12.8 Å². The third kappa shape index (κ3) is 1.54. The van der Waals surface area contributed by atoms with Crippen LogP contribution < -0.4 is 11.2 Å². The van der Waals surface area contributed by atoms with E-state index in [2.05, 4.69) is 25.8 Å². The number of hydrogen-bond donors (Lipinski definition) is 1. The van der Waals surface area contributed by atoms with E-state index in [-0.39, 0.29) is 22.4 Å². The summed E-state index contributed by atoms with van der Waals surface area (Å²) < 4.78 is 1.60. The molecule has 3 rings (SSSR count). The van der Waals surface area contributed by atoms with Crippen LogP contribution in [0.15, 0.2) is 15.8 Å². The lowest BCUT2D eigenvalue weighted by Gasteiger charge is -2.43. The Morgan fingerprint density at radius 3 is 2.65 bits per heavy atom. The monoisotopic (exact) mass is 273 g/mol. The van der Waals surface area contributed by atoms with E-state index in [1.165, 1.54) is 12.6 Å². The van der Waals surface area contributed by atoms with Crippen LogP contribution in [-0.2, 0) is 0 Å². The fraction of sp³-hybridized carbons (Fsp3) is 0.667. The van der Waals surface area contributed by atoms with Crippen molar-refractivity contribution in [2.75, 3.05) is 0 Å². The molecule has 0 aliphatic heterocycles. The van der Waals surface area contributed by atoms with Crippen LogP contribution in [0, 0.1) is 28.1 Å². The lowest BCUT2D eigenvalue weighted by molar-refractivity contribution is 0.0793. The molecule has 2 saturated carbocycles. The van der Waals surface area contributed by atoms with Crippen molar-refractivity contribution in [3.63, 3.8) is 0 Å². The van der Waals surface area contributed by atoms with Gasteiger partial charge in [-0.25, -0.2) is 4.79 Å². The second-order valence-electron chi connectivity index (χ2n) is 7.14. The van der Waals surface area contributed by atoms with Gasteiger partial charge in [-0.3, -0.25) is 14.3 Å². The standard InChI is InChI=1S/C15H19N3O2/c1-14(2)10-4-5-15(3,6-10)12(14)18-8-9(7-16)11(19)17-13(18)20/h8,10,12H,4-6H2,1-3H3,(H,17,19,20). The quantitative estimate of drug-likeness (QED) is 0.847. The van der Waals surface area contributed by atoms with Crippen LogP contribution in [0.2, 0.25) is 0 Å². The zero-order valence-corrected chi connectivity index (χ0v) is 12.1. The average molecular weight is 273 g/mol. The van der Waals surface area contributed by atoms with Crippen molar-refractivity contribution in [3.8, 4) is 6.07 Å². The van der Waals surface area contributed by atoms with Crippen LogP contribution in [0.5, 0.6) is 0 Å². The summed E-state index contributed by atoms with van der Waals surface area (Å²) in [4.78, 5) is 26.0. The Labute approximate surface area is 117 Å². The van der Waals surface area contributed by atoms with Crippen LogP contribution in [0.1, 0.15) is 51.6 Å². The van der Waals surface area contributed by atoms with Gasteiger partial charge in [0.25, 0.3) is 5.56 Å². The molecule has 0 aromatic carbocycles. The molecule has 20 heavy (non-hydrogen) atoms. The second kappa shape index (κ2) is 3.85. The zero-order chi connectivity index (χ0) is 14.7. The summed E-state index contributed by atoms with van der Waals surface area (Å²) in [5, 5.41) is 9.02. The van der Waals surface area contributed by atoms with Gasteiger partial charge in [-0.15, -0.1) is 0 Å². The van der Waals surface area contributed by atoms with E-state index in [9.17, 15) is 9.59 Å². The minimum atomic E-state index is -0.597. The Kier molecular flexibility index (Phi) is 2.53. The van der Waals surface area contributed by atoms with Gasteiger partial charge in [0.15, 0.2) is 0 Å². The van der Waals surface area contributed by atoms with Crippen LogP contribution in [0.25, 0.3) is 0 Å². The molecule has 2 bridgehead atoms. The fourth-order valence-electron chi connectivity index (χ4n) is 4.73. The van der Waals surface area contributed by atoms with Crippen molar-refractivity contribution in [2.24, 2.45) is 16.7 Å². The van der Waals surface area contributed by atoms with Crippen molar-refractivity contribution in [2.45, 2.75) is 46.1 Å². The molecule has 2 fully saturated rings. The summed E-state index contributed by atoms with van der Waals surface area (Å²) in [5.41, 5.74) is -0.919. The Balaban J connectivity index is 2.22. The maximum absolute atomic E-state index is 12.2. The predicted molar refractivity (Wildman–Crippen MR) is 74.3 cm³/mol. The molecular weight excluding hydrogens is 254 g/mol. The largest absolute Gasteiger partial charge is 0.328 e. The van der Waals surface area contributed by atoms with Crippen molar-refractivity contribution in [3.05, 3.63) is 32.6 Å². The summed E-state index contributed by atoms with van der Waals surface area (Å²) in [6.07, 6.45) is 4.85. The maximum atomic E-state index is 12.2. The molecule has 1 heterocycles. The molecule has 106 valence electrons. The smallest absolute Gasteiger partial charge is 0.295 e. The van der Waals surface area contributed by atoms with Crippen molar-refractivity contribution < 1.29 is 0 Å². The number of hydrogen-bond acceptors (Lipinski definition) is 3. The van der Waals surface area contributed by atoms with Gasteiger partial charge in [0.1, 0.15) is 11.6 Å². The van der Waals surface area contributed by atoms with Crippen molar-refractivity contribution >= 4 is 0 Å². The number of rotatable bonds is 1. The molecule has 0 radical (unpaired) electrons. The molecule has 1 aromatic rings. The van der Waals surface area contributed by atoms with Gasteiger partial charge < -0.3 is 0 Å². The van der Waals surface area contributed by atoms with Crippen LogP contribution in [0.3, 0.4) is 0 Å². The van der Waals surface area contributed by atoms with Gasteiger partial charge in [0.2, 0.25) is 0 Å². The van der Waals surface area contributed by atoms with Gasteiger partial charge in [-0.05, 0) is 36.0 Å². The lowest BCUT2D eigenvalue weighted by Crippen LogP contribution is -2.44. The summed E-state index contributed by atoms with van der Waals surface area (Å²) in [6.45, 7) is 6.60. The van der Waals surface area contributed by atoms with E-state index >= 15 is 0 Å². The highest BCUT2D eigenvalue weighted by Gasteiger charge is 2.60. The normalized spacial score (nSPS) is 34.1. The number of aromatic amines is 1. The molecular formula is C15H19N3O2. The minimum absolute atomic E-state index is 0.00178. The van der Waals surface area contributed by atoms with Gasteiger partial charge >= 0.3 is 5.69 Å². The van der Waals surface area contributed by atoms with Gasteiger partial charge in [-0.2, -0.15) is 5.26 Å². The molecule has 3 unspecified atom stereocenters. The van der Waals surface area contributed by atoms with E-state index in [0.29, 0.717) is 5.92 Å². The summed E-state index contributed by atoms with van der Waals surface area (Å²) in [5.74, 6) is 0.599. The summed E-state index contributed by atoms with van der Waals surface area (Å²) >= 11 is 0. The molecule has 5 heteroatoms. The molecule has 0 amide bonds. The minimum Gasteiger partial charge on any atom is -0.295 e. The molecule has 0 spiro atoms. The zero-order valence-electron chi connectivity index (χ0n) is 12.1. The number of nitrogens with one attached hydrogen (secondary N) is 1. The van der Waals surface area contributed by atoms with Crippen LogP contribution in [0.4, 0.5) is 0 Å². The van der Waals surface area contributed by atoms with Crippen LogP contribution >= 0.6 is 0 Å². The predicted octanol–water partition coefficient (Wildman–Crippen LogP) is 1.80. The highest BCUT2D eigenvalue weighted by molar-refractivity contribution is 5.23. The molecule has 0 saturated heterocycles. The lowest BCUT2D eigenvalue weighted by atomic mass is 9.68. The van der Waals surface area contributed by atoms with Gasteiger partial charge in [0, 0.05) is 12.2 Å². The Morgan fingerprint density at radius 2 is 2.10 bits per heavy atom. The number of aromatic nitrogens is 2. The fourth-order valence-corrected chi connectivity index (χ4v) is 4.73. The van der Waals surface area contributed by atoms with Gasteiger partial charge in [0.05, 0.1) is 0 Å². The molecule has 1 aromatic heterocycles. The first-order valence-electron chi connectivity index (χ1n) is 7.05. The third-order valence-corrected chi connectivity index (χ3v) is 5.56. The molecule has 5 nitrogen and oxygen atoms in total. The summed E-state index contributed by atoms with van der Waals surface area (Å²) in [7, 11) is 0. The van der Waals surface area contributed by atoms with Crippen LogP contribution in [-0.4, -0.2) is 9.55 Å². The molecule has 2 aliphatic rings. The highest BCUT2D eigenvalue weighted by atomic mass is 16.2. The Bertz CT molecular complexity index is 717. The number of fused-ring (bicyclic) bond motifs is 2. The SMILES string of the molecule is CC12CCC(C1)C(C)(C)C2n1cc(C#N)c(=O)[nH]c1=O. The highest BCUT2D eigenvalue weighted by Crippen LogP contribution is 2.67. The summed E-state index contributed by atoms with van der Waals surface area (Å²) in [6, 6.07) is 1.90. The number of H-pyrrole nitrogens is 1.